The summed E-state index contributed by atoms with van der Waals surface area (Å²) >= 11 is 0. The molecule has 0 aromatic heterocycles. The van der Waals surface area contributed by atoms with Gasteiger partial charge < -0.3 is 0 Å². The van der Waals surface area contributed by atoms with Gasteiger partial charge in [0.1, 0.15) is 0 Å². The van der Waals surface area contributed by atoms with E-state index in [1.54, 1.807) is 0 Å². The van der Waals surface area contributed by atoms with Crippen molar-refractivity contribution < 1.29 is 0 Å². The van der Waals surface area contributed by atoms with E-state index in [9.17, 15) is 0 Å². The van der Waals surface area contributed by atoms with Crippen LogP contribution in [0.25, 0.3) is 11.1 Å². The number of rotatable bonds is 6. The lowest BCUT2D eigenvalue weighted by Crippen LogP contribution is -2.34. The highest BCUT2D eigenvalue weighted by molar-refractivity contribution is 6.69. The molecule has 0 fully saturated rings. The number of aryl methyl sites for hydroxylation is 4. The van der Waals surface area contributed by atoms with Crippen molar-refractivity contribution >= 4 is 18.2 Å². The number of benzene rings is 3. The van der Waals surface area contributed by atoms with E-state index >= 15 is 0 Å². The minimum absolute atomic E-state index is 0.733. The smallest absolute Gasteiger partial charge is 0.0757 e. The predicted molar refractivity (Wildman–Crippen MR) is 149 cm³/mol. The fraction of sp³-hybridized carbons (Fsp3) is 0.438. The van der Waals surface area contributed by atoms with Gasteiger partial charge in [0.05, 0.1) is 0 Å². The molecule has 0 heterocycles. The first-order chi connectivity index (χ1) is 15.5. The molecule has 0 aliphatic rings. The van der Waals surface area contributed by atoms with Gasteiger partial charge in [0.15, 0.2) is 7.28 Å². The first kappa shape index (κ1) is 25.3. The standard InChI is InChI=1S/C32H42B/c1-12-18(2)13-28-14-19(3)31(20(4)15-28)33-32-21(5)16-29(17-22(32)6)30-26(10)24(8)23(7)25(9)27(30)11/h14-18H,12-13H2,1-11H3. The van der Waals surface area contributed by atoms with Crippen LogP contribution in [0.15, 0.2) is 24.3 Å². The van der Waals surface area contributed by atoms with E-state index in [-0.39, 0.29) is 0 Å². The third-order valence-corrected chi connectivity index (χ3v) is 8.11. The second kappa shape index (κ2) is 9.92. The van der Waals surface area contributed by atoms with E-state index in [4.69, 9.17) is 0 Å². The van der Waals surface area contributed by atoms with Crippen LogP contribution in [0.5, 0.6) is 0 Å². The zero-order valence-electron chi connectivity index (χ0n) is 22.9. The second-order valence-corrected chi connectivity index (χ2v) is 10.5. The van der Waals surface area contributed by atoms with Crippen LogP contribution in [0, 0.1) is 68.2 Å². The lowest BCUT2D eigenvalue weighted by molar-refractivity contribution is 0.560. The summed E-state index contributed by atoms with van der Waals surface area (Å²) in [6.07, 6.45) is 2.40. The van der Waals surface area contributed by atoms with E-state index in [1.807, 2.05) is 0 Å². The Kier molecular flexibility index (Phi) is 7.62. The topological polar surface area (TPSA) is 0 Å². The maximum atomic E-state index is 2.41. The van der Waals surface area contributed by atoms with Crippen LogP contribution in [-0.2, 0) is 6.42 Å². The minimum Gasteiger partial charge on any atom is -0.0757 e. The van der Waals surface area contributed by atoms with Crippen molar-refractivity contribution in [2.75, 3.05) is 0 Å². The third kappa shape index (κ3) is 4.98. The monoisotopic (exact) mass is 437 g/mol. The van der Waals surface area contributed by atoms with Gasteiger partial charge in [0.2, 0.25) is 0 Å². The maximum absolute atomic E-state index is 2.41. The molecular weight excluding hydrogens is 395 g/mol. The summed E-state index contributed by atoms with van der Waals surface area (Å²) in [6, 6.07) is 9.58. The van der Waals surface area contributed by atoms with Crippen LogP contribution < -0.4 is 10.9 Å². The van der Waals surface area contributed by atoms with Gasteiger partial charge in [-0.15, -0.1) is 0 Å². The normalized spacial score (nSPS) is 12.2. The molecule has 1 unspecified atom stereocenters. The maximum Gasteiger partial charge on any atom is 0.192 e. The van der Waals surface area contributed by atoms with Crippen LogP contribution in [0.4, 0.5) is 0 Å². The Morgan fingerprint density at radius 2 is 1.00 bits per heavy atom. The molecular formula is C32H42B. The molecule has 0 saturated carbocycles. The van der Waals surface area contributed by atoms with Gasteiger partial charge in [-0.1, -0.05) is 77.7 Å². The lowest BCUT2D eigenvalue weighted by Gasteiger charge is -2.21. The Balaban J connectivity index is 2.03. The summed E-state index contributed by atoms with van der Waals surface area (Å²) in [5.74, 6) is 0.733. The van der Waals surface area contributed by atoms with Crippen LogP contribution in [0.2, 0.25) is 0 Å². The highest BCUT2D eigenvalue weighted by Gasteiger charge is 2.17. The van der Waals surface area contributed by atoms with Crippen molar-refractivity contribution in [3.63, 3.8) is 0 Å². The van der Waals surface area contributed by atoms with Gasteiger partial charge in [-0.2, -0.15) is 0 Å². The van der Waals surface area contributed by atoms with Gasteiger partial charge in [0, 0.05) is 0 Å². The van der Waals surface area contributed by atoms with E-state index in [2.05, 4.69) is 108 Å². The summed E-state index contributed by atoms with van der Waals surface area (Å²) in [4.78, 5) is 0. The molecule has 3 rings (SSSR count). The highest BCUT2D eigenvalue weighted by atomic mass is 14.2. The molecule has 0 amide bonds. The molecule has 173 valence electrons. The quantitative estimate of drug-likeness (QED) is 0.353. The van der Waals surface area contributed by atoms with Crippen molar-refractivity contribution in [3.8, 4) is 11.1 Å². The molecule has 0 N–H and O–H groups in total. The Hall–Kier alpha value is -2.28. The summed E-state index contributed by atoms with van der Waals surface area (Å²) in [5, 5.41) is 0. The lowest BCUT2D eigenvalue weighted by atomic mass is 9.58. The van der Waals surface area contributed by atoms with Crippen molar-refractivity contribution in [3.05, 3.63) is 79.9 Å². The fourth-order valence-corrected chi connectivity index (χ4v) is 5.38. The van der Waals surface area contributed by atoms with Gasteiger partial charge in [-0.25, -0.2) is 0 Å². The Morgan fingerprint density at radius 1 is 0.606 bits per heavy atom. The summed E-state index contributed by atoms with van der Waals surface area (Å²) in [7, 11) is 2.41. The zero-order valence-corrected chi connectivity index (χ0v) is 22.9. The van der Waals surface area contributed by atoms with Crippen LogP contribution in [0.1, 0.15) is 75.9 Å². The minimum atomic E-state index is 0.733. The Labute approximate surface area is 204 Å². The van der Waals surface area contributed by atoms with Crippen molar-refractivity contribution in [2.45, 2.75) is 89.0 Å². The third-order valence-electron chi connectivity index (χ3n) is 8.11. The van der Waals surface area contributed by atoms with Crippen LogP contribution >= 0.6 is 0 Å². The second-order valence-electron chi connectivity index (χ2n) is 10.5. The fourth-order valence-electron chi connectivity index (χ4n) is 5.38. The molecule has 1 radical (unpaired) electrons. The first-order valence-electron chi connectivity index (χ1n) is 12.6. The van der Waals surface area contributed by atoms with E-state index in [1.165, 1.54) is 90.5 Å². The van der Waals surface area contributed by atoms with Crippen molar-refractivity contribution in [2.24, 2.45) is 5.92 Å². The SMILES string of the molecule is CCC(C)Cc1cc(C)c([B]c2c(C)cc(-c3c(C)c(C)c(C)c(C)c3C)cc2C)c(C)c1. The molecule has 3 aromatic rings. The highest BCUT2D eigenvalue weighted by Crippen LogP contribution is 2.34. The Bertz CT molecular complexity index is 1120. The van der Waals surface area contributed by atoms with Gasteiger partial charge >= 0.3 is 0 Å². The van der Waals surface area contributed by atoms with Crippen molar-refractivity contribution in [1.82, 2.24) is 0 Å². The van der Waals surface area contributed by atoms with Gasteiger partial charge in [-0.05, 0) is 119 Å². The molecule has 0 saturated heterocycles. The molecule has 33 heavy (non-hydrogen) atoms. The molecule has 0 aliphatic heterocycles. The van der Waals surface area contributed by atoms with Crippen LogP contribution in [-0.4, -0.2) is 7.28 Å². The zero-order chi connectivity index (χ0) is 24.6. The largest absolute Gasteiger partial charge is 0.192 e. The Morgan fingerprint density at radius 3 is 1.42 bits per heavy atom. The van der Waals surface area contributed by atoms with Gasteiger partial charge in [0.25, 0.3) is 0 Å². The average molecular weight is 438 g/mol. The molecule has 3 aromatic carbocycles. The molecule has 1 heteroatoms. The van der Waals surface area contributed by atoms with Crippen LogP contribution in [0.3, 0.4) is 0 Å². The molecule has 0 spiro atoms. The molecule has 0 nitrogen and oxygen atoms in total. The van der Waals surface area contributed by atoms with Gasteiger partial charge in [-0.3, -0.25) is 0 Å². The molecule has 1 atom stereocenters. The number of hydrogen-bond donors (Lipinski definition) is 0. The molecule has 0 aliphatic carbocycles. The first-order valence-corrected chi connectivity index (χ1v) is 12.6. The summed E-state index contributed by atoms with van der Waals surface area (Å²) < 4.78 is 0. The van der Waals surface area contributed by atoms with E-state index < -0.39 is 0 Å². The summed E-state index contributed by atoms with van der Waals surface area (Å²) in [6.45, 7) is 25.0. The average Bonchev–Trinajstić information content (AvgIpc) is 2.75. The molecule has 0 bridgehead atoms. The van der Waals surface area contributed by atoms with E-state index in [0.29, 0.717) is 0 Å². The van der Waals surface area contributed by atoms with Crippen molar-refractivity contribution in [1.29, 1.82) is 0 Å². The van der Waals surface area contributed by atoms with E-state index in [0.717, 1.165) is 5.92 Å². The number of hydrogen-bond acceptors (Lipinski definition) is 0. The predicted octanol–water partition coefficient (Wildman–Crippen LogP) is 7.37. The summed E-state index contributed by atoms with van der Waals surface area (Å²) in [5.41, 5.74) is 19.5.